The van der Waals surface area contributed by atoms with Crippen LogP contribution in [0.25, 0.3) is 11.0 Å². The summed E-state index contributed by atoms with van der Waals surface area (Å²) in [7, 11) is 0. The van der Waals surface area contributed by atoms with Crippen molar-refractivity contribution in [1.29, 1.82) is 0 Å². The maximum Gasteiger partial charge on any atom is 0.310 e. The number of amides is 2. The summed E-state index contributed by atoms with van der Waals surface area (Å²) in [5.41, 5.74) is 1.50. The molecule has 1 saturated heterocycles. The maximum atomic E-state index is 13.5. The molecule has 1 aromatic heterocycles. The summed E-state index contributed by atoms with van der Waals surface area (Å²) >= 11 is 0. The Morgan fingerprint density at radius 2 is 2.00 bits per heavy atom. The lowest BCUT2D eigenvalue weighted by atomic mass is 9.69. The van der Waals surface area contributed by atoms with E-state index in [0.717, 1.165) is 11.0 Å². The minimum Gasteiger partial charge on any atom is -0.466 e. The highest BCUT2D eigenvalue weighted by Crippen LogP contribution is 2.45. The third-order valence-electron chi connectivity index (χ3n) is 6.79. The minimum atomic E-state index is -0.787. The molecule has 1 fully saturated rings. The fourth-order valence-corrected chi connectivity index (χ4v) is 5.22. The van der Waals surface area contributed by atoms with Crippen LogP contribution in [0.4, 0.5) is 0 Å². The average Bonchev–Trinajstić information content (AvgIpc) is 3.39. The average molecular weight is 470 g/mol. The summed E-state index contributed by atoms with van der Waals surface area (Å²) in [5, 5.41) is 20.5. The van der Waals surface area contributed by atoms with E-state index >= 15 is 0 Å². The second-order valence-electron chi connectivity index (χ2n) is 8.67. The molecule has 4 rings (SSSR count). The van der Waals surface area contributed by atoms with E-state index in [2.05, 4.69) is 15.6 Å². The van der Waals surface area contributed by atoms with Crippen LogP contribution in [0.1, 0.15) is 26.7 Å². The van der Waals surface area contributed by atoms with Gasteiger partial charge in [0.05, 0.1) is 24.0 Å². The molecule has 0 radical (unpaired) electrons. The molecule has 1 aromatic carbocycles. The molecule has 2 amide bonds. The smallest absolute Gasteiger partial charge is 0.310 e. The zero-order chi connectivity index (χ0) is 24.2. The van der Waals surface area contributed by atoms with Gasteiger partial charge in [0.15, 0.2) is 0 Å². The fourth-order valence-electron chi connectivity index (χ4n) is 5.22. The van der Waals surface area contributed by atoms with Crippen molar-refractivity contribution in [2.24, 2.45) is 23.7 Å². The second-order valence-corrected chi connectivity index (χ2v) is 8.67. The Hall–Kier alpha value is -3.27. The molecule has 182 valence electrons. The summed E-state index contributed by atoms with van der Waals surface area (Å²) in [4.78, 5) is 41.4. The summed E-state index contributed by atoms with van der Waals surface area (Å²) < 4.78 is 6.90. The number of rotatable bonds is 9. The van der Waals surface area contributed by atoms with Crippen LogP contribution in [0.5, 0.6) is 0 Å². The van der Waals surface area contributed by atoms with Gasteiger partial charge in [0.25, 0.3) is 0 Å². The van der Waals surface area contributed by atoms with Gasteiger partial charge in [-0.2, -0.15) is 0 Å². The molecule has 0 unspecified atom stereocenters. The van der Waals surface area contributed by atoms with Crippen LogP contribution in [-0.2, 0) is 25.8 Å². The summed E-state index contributed by atoms with van der Waals surface area (Å²) in [6.45, 7) is 4.16. The van der Waals surface area contributed by atoms with Crippen molar-refractivity contribution in [3.05, 3.63) is 36.4 Å². The van der Waals surface area contributed by atoms with Crippen molar-refractivity contribution >= 4 is 28.8 Å². The lowest BCUT2D eigenvalue weighted by Gasteiger charge is -2.33. The normalized spacial score (nSPS) is 26.0. The molecular formula is C24H31N5O5. The first-order valence-electron chi connectivity index (χ1n) is 11.8. The topological polar surface area (TPSA) is 127 Å². The SMILES string of the molecule is CCOC(=O)[C@H]1[C@H]2C(=O)N(CCCO)[C@H](C(=O)NCn3nnc4ccccc43)[C@H]2C=C[C@H]1CC. The fraction of sp³-hybridized carbons (Fsp3) is 0.542. The number of fused-ring (bicyclic) bond motifs is 2. The Bertz CT molecular complexity index is 1080. The predicted octanol–water partition coefficient (Wildman–Crippen LogP) is 1.11. The first kappa shape index (κ1) is 23.9. The van der Waals surface area contributed by atoms with Crippen LogP contribution in [-0.4, -0.2) is 68.6 Å². The molecule has 0 bridgehead atoms. The zero-order valence-corrected chi connectivity index (χ0v) is 19.5. The van der Waals surface area contributed by atoms with E-state index in [4.69, 9.17) is 4.74 Å². The van der Waals surface area contributed by atoms with Crippen LogP contribution < -0.4 is 5.32 Å². The van der Waals surface area contributed by atoms with Gasteiger partial charge in [0.2, 0.25) is 11.8 Å². The highest BCUT2D eigenvalue weighted by atomic mass is 16.5. The number of likely N-dealkylation sites (tertiary alicyclic amines) is 1. The molecule has 1 aliphatic heterocycles. The number of ether oxygens (including phenoxy) is 1. The number of hydrogen-bond donors (Lipinski definition) is 2. The van der Waals surface area contributed by atoms with Crippen molar-refractivity contribution in [2.45, 2.75) is 39.4 Å². The molecule has 0 saturated carbocycles. The molecule has 2 N–H and O–H groups in total. The molecule has 2 heterocycles. The van der Waals surface area contributed by atoms with Gasteiger partial charge in [-0.1, -0.05) is 36.4 Å². The lowest BCUT2D eigenvalue weighted by Crippen LogP contribution is -2.48. The van der Waals surface area contributed by atoms with Gasteiger partial charge >= 0.3 is 5.97 Å². The van der Waals surface area contributed by atoms with E-state index in [0.29, 0.717) is 12.8 Å². The number of allylic oxidation sites excluding steroid dienone is 1. The number of esters is 1. The maximum absolute atomic E-state index is 13.5. The monoisotopic (exact) mass is 469 g/mol. The van der Waals surface area contributed by atoms with E-state index in [1.54, 1.807) is 11.6 Å². The summed E-state index contributed by atoms with van der Waals surface area (Å²) in [5.74, 6) is -2.88. The van der Waals surface area contributed by atoms with Gasteiger partial charge in [-0.05, 0) is 37.8 Å². The van der Waals surface area contributed by atoms with Crippen LogP contribution in [0, 0.1) is 23.7 Å². The van der Waals surface area contributed by atoms with Crippen molar-refractivity contribution < 1.29 is 24.2 Å². The Morgan fingerprint density at radius 1 is 1.21 bits per heavy atom. The van der Waals surface area contributed by atoms with Gasteiger partial charge in [0.1, 0.15) is 18.2 Å². The Labute approximate surface area is 197 Å². The standard InChI is InChI=1S/C24H31N5O5/c1-3-15-10-11-16-20(19(15)24(33)34-4-2)23(32)28(12-7-13-30)21(16)22(31)25-14-29-18-9-6-5-8-17(18)26-27-29/h5-6,8-11,15-16,19-21,30H,3-4,7,12-14H2,1-2H3,(H,25,31)/t15-,16+,19-,20+,21+/m1/s1. The van der Waals surface area contributed by atoms with Crippen LogP contribution in [0.15, 0.2) is 36.4 Å². The lowest BCUT2D eigenvalue weighted by molar-refractivity contribution is -0.155. The molecule has 2 aliphatic rings. The number of carbonyl (C=O) groups is 3. The van der Waals surface area contributed by atoms with E-state index in [9.17, 15) is 19.5 Å². The number of aliphatic hydroxyl groups is 1. The van der Waals surface area contributed by atoms with Crippen LogP contribution in [0.2, 0.25) is 0 Å². The van der Waals surface area contributed by atoms with Gasteiger partial charge in [-0.25, -0.2) is 4.68 Å². The van der Waals surface area contributed by atoms with E-state index in [1.807, 2.05) is 43.3 Å². The van der Waals surface area contributed by atoms with Gasteiger partial charge < -0.3 is 20.1 Å². The van der Waals surface area contributed by atoms with Gasteiger partial charge in [-0.3, -0.25) is 14.4 Å². The van der Waals surface area contributed by atoms with Crippen molar-refractivity contribution in [3.8, 4) is 0 Å². The highest BCUT2D eigenvalue weighted by Gasteiger charge is 2.57. The van der Waals surface area contributed by atoms with Crippen molar-refractivity contribution in [2.75, 3.05) is 19.8 Å². The number of nitrogens with zero attached hydrogens (tertiary/aromatic N) is 4. The quantitative estimate of drug-likeness (QED) is 0.416. The van der Waals surface area contributed by atoms with Crippen LogP contribution in [0.3, 0.4) is 0 Å². The van der Waals surface area contributed by atoms with E-state index in [-0.39, 0.29) is 44.2 Å². The highest BCUT2D eigenvalue weighted by molar-refractivity contribution is 5.96. The Kier molecular flexibility index (Phi) is 7.26. The third-order valence-corrected chi connectivity index (χ3v) is 6.79. The first-order valence-corrected chi connectivity index (χ1v) is 11.8. The molecule has 0 spiro atoms. The zero-order valence-electron chi connectivity index (χ0n) is 19.5. The Balaban J connectivity index is 1.60. The molecule has 2 aromatic rings. The molecule has 34 heavy (non-hydrogen) atoms. The number of para-hydroxylation sites is 1. The molecule has 10 heteroatoms. The van der Waals surface area contributed by atoms with Crippen LogP contribution >= 0.6 is 0 Å². The molecule has 5 atom stereocenters. The third kappa shape index (κ3) is 4.29. The molecule has 1 aliphatic carbocycles. The number of nitrogens with one attached hydrogen (secondary N) is 1. The van der Waals surface area contributed by atoms with Crippen molar-refractivity contribution in [3.63, 3.8) is 0 Å². The Morgan fingerprint density at radius 3 is 2.74 bits per heavy atom. The minimum absolute atomic E-state index is 0.0951. The predicted molar refractivity (Wildman–Crippen MR) is 123 cm³/mol. The first-order chi connectivity index (χ1) is 16.5. The summed E-state index contributed by atoms with van der Waals surface area (Å²) in [6.07, 6.45) is 4.87. The largest absolute Gasteiger partial charge is 0.466 e. The number of hydrogen-bond acceptors (Lipinski definition) is 7. The second kappa shape index (κ2) is 10.3. The van der Waals surface area contributed by atoms with Gasteiger partial charge in [0, 0.05) is 19.1 Å². The number of aliphatic hydroxyl groups excluding tert-OH is 1. The van der Waals surface area contributed by atoms with E-state index < -0.39 is 29.8 Å². The summed E-state index contributed by atoms with van der Waals surface area (Å²) in [6, 6.07) is 6.65. The van der Waals surface area contributed by atoms with E-state index in [1.165, 1.54) is 4.90 Å². The molecular weight excluding hydrogens is 438 g/mol. The number of aromatic nitrogens is 3. The number of benzene rings is 1. The molecule has 10 nitrogen and oxygen atoms in total. The van der Waals surface area contributed by atoms with Crippen molar-refractivity contribution in [1.82, 2.24) is 25.2 Å². The van der Waals surface area contributed by atoms with Gasteiger partial charge in [-0.15, -0.1) is 5.10 Å². The number of carbonyl (C=O) groups excluding carboxylic acids is 3.